The third-order valence-electron chi connectivity index (χ3n) is 2.79. The fourth-order valence-electron chi connectivity index (χ4n) is 1.85. The summed E-state index contributed by atoms with van der Waals surface area (Å²) in [5.41, 5.74) is 3.46. The number of nitrogens with zero attached hydrogens (tertiary/aromatic N) is 1. The predicted octanol–water partition coefficient (Wildman–Crippen LogP) is 4.03. The highest BCUT2D eigenvalue weighted by molar-refractivity contribution is 7.09. The molecular weight excluding hydrogens is 242 g/mol. The minimum Gasteiger partial charge on any atom is -0.300 e. The zero-order valence-electron chi connectivity index (χ0n) is 10.8. The molecule has 0 fully saturated rings. The summed E-state index contributed by atoms with van der Waals surface area (Å²) in [6.45, 7) is 3.73. The third-order valence-corrected chi connectivity index (χ3v) is 3.69. The summed E-state index contributed by atoms with van der Waals surface area (Å²) in [6, 6.07) is 8.37. The highest BCUT2D eigenvalue weighted by Crippen LogP contribution is 2.23. The molecule has 0 bridgehead atoms. The molecule has 2 rings (SSSR count). The molecule has 3 heteroatoms. The van der Waals surface area contributed by atoms with Crippen LogP contribution in [0.1, 0.15) is 30.3 Å². The van der Waals surface area contributed by atoms with Crippen molar-refractivity contribution in [3.8, 4) is 11.3 Å². The molecule has 2 aromatic rings. The van der Waals surface area contributed by atoms with Crippen molar-refractivity contribution < 1.29 is 4.79 Å². The van der Waals surface area contributed by atoms with E-state index in [0.717, 1.165) is 23.5 Å². The average Bonchev–Trinajstić information content (AvgIpc) is 2.77. The van der Waals surface area contributed by atoms with E-state index >= 15 is 0 Å². The summed E-state index contributed by atoms with van der Waals surface area (Å²) in [5.74, 6) is 0.255. The highest BCUT2D eigenvalue weighted by Gasteiger charge is 2.05. The number of carbonyl (C=O) groups is 1. The van der Waals surface area contributed by atoms with Crippen LogP contribution in [0, 0.1) is 6.92 Å². The first kappa shape index (κ1) is 13.0. The molecule has 0 spiro atoms. The molecule has 0 N–H and O–H groups in total. The molecule has 18 heavy (non-hydrogen) atoms. The van der Waals surface area contributed by atoms with E-state index in [2.05, 4.69) is 41.6 Å². The summed E-state index contributed by atoms with van der Waals surface area (Å²) in [7, 11) is 0. The standard InChI is InChI=1S/C15H17NOS/c1-11-5-3-7-13(9-11)14-10-18-15(16-14)8-4-6-12(2)17/h3,5,7,9-10H,4,6,8H2,1-2H3. The molecule has 2 nitrogen and oxygen atoms in total. The normalized spacial score (nSPS) is 10.6. The van der Waals surface area contributed by atoms with Crippen molar-refractivity contribution in [3.05, 3.63) is 40.2 Å². The zero-order valence-corrected chi connectivity index (χ0v) is 11.6. The van der Waals surface area contributed by atoms with Gasteiger partial charge in [-0.25, -0.2) is 4.98 Å². The fraction of sp³-hybridized carbons (Fsp3) is 0.333. The Morgan fingerprint density at radius 2 is 2.22 bits per heavy atom. The molecule has 0 atom stereocenters. The molecule has 0 unspecified atom stereocenters. The number of carbonyl (C=O) groups excluding carboxylic acids is 1. The Kier molecular flexibility index (Phi) is 4.26. The van der Waals surface area contributed by atoms with Gasteiger partial charge < -0.3 is 4.79 Å². The number of aromatic nitrogens is 1. The Labute approximate surface area is 112 Å². The molecule has 1 aromatic heterocycles. The molecule has 0 aliphatic carbocycles. The monoisotopic (exact) mass is 259 g/mol. The molecule has 0 aliphatic heterocycles. The van der Waals surface area contributed by atoms with Crippen molar-refractivity contribution in [2.45, 2.75) is 33.1 Å². The summed E-state index contributed by atoms with van der Waals surface area (Å²) >= 11 is 1.68. The predicted molar refractivity (Wildman–Crippen MR) is 75.9 cm³/mol. The zero-order chi connectivity index (χ0) is 13.0. The molecule has 1 aromatic carbocycles. The SMILES string of the molecule is CC(=O)CCCc1nc(-c2cccc(C)c2)cs1. The highest BCUT2D eigenvalue weighted by atomic mass is 32.1. The van der Waals surface area contributed by atoms with Crippen LogP contribution in [0.3, 0.4) is 0 Å². The molecule has 94 valence electrons. The summed E-state index contributed by atoms with van der Waals surface area (Å²) in [5, 5.41) is 3.21. The van der Waals surface area contributed by atoms with Gasteiger partial charge >= 0.3 is 0 Å². The number of hydrogen-bond donors (Lipinski definition) is 0. The molecular formula is C15H17NOS. The Morgan fingerprint density at radius 1 is 1.39 bits per heavy atom. The van der Waals surface area contributed by atoms with Gasteiger partial charge in [0.05, 0.1) is 10.7 Å². The van der Waals surface area contributed by atoms with Gasteiger partial charge in [-0.15, -0.1) is 11.3 Å². The van der Waals surface area contributed by atoms with E-state index < -0.39 is 0 Å². The molecule has 0 aliphatic rings. The van der Waals surface area contributed by atoms with Gasteiger partial charge in [-0.1, -0.05) is 23.8 Å². The smallest absolute Gasteiger partial charge is 0.129 e. The third kappa shape index (κ3) is 3.50. The van der Waals surface area contributed by atoms with E-state index in [0.29, 0.717) is 6.42 Å². The second kappa shape index (κ2) is 5.91. The number of aryl methyl sites for hydroxylation is 2. The second-order valence-corrected chi connectivity index (χ2v) is 5.49. The fourth-order valence-corrected chi connectivity index (χ4v) is 2.70. The maximum absolute atomic E-state index is 10.9. The first-order chi connectivity index (χ1) is 8.65. The van der Waals surface area contributed by atoms with Crippen molar-refractivity contribution in [3.63, 3.8) is 0 Å². The first-order valence-electron chi connectivity index (χ1n) is 6.16. The van der Waals surface area contributed by atoms with Crippen molar-refractivity contribution in [1.82, 2.24) is 4.98 Å². The minimum atomic E-state index is 0.255. The van der Waals surface area contributed by atoms with E-state index in [-0.39, 0.29) is 5.78 Å². The van der Waals surface area contributed by atoms with Crippen LogP contribution in [0.15, 0.2) is 29.6 Å². The van der Waals surface area contributed by atoms with Crippen LogP contribution in [0.25, 0.3) is 11.3 Å². The Hall–Kier alpha value is -1.48. The van der Waals surface area contributed by atoms with Crippen LogP contribution in [-0.2, 0) is 11.2 Å². The summed E-state index contributed by atoms with van der Waals surface area (Å²) < 4.78 is 0. The Balaban J connectivity index is 2.04. The van der Waals surface area contributed by atoms with Crippen molar-refractivity contribution in [2.75, 3.05) is 0 Å². The molecule has 1 heterocycles. The van der Waals surface area contributed by atoms with E-state index in [1.54, 1.807) is 18.3 Å². The van der Waals surface area contributed by atoms with Crippen LogP contribution >= 0.6 is 11.3 Å². The first-order valence-corrected chi connectivity index (χ1v) is 7.04. The van der Waals surface area contributed by atoms with Crippen molar-refractivity contribution in [2.24, 2.45) is 0 Å². The van der Waals surface area contributed by atoms with Crippen molar-refractivity contribution in [1.29, 1.82) is 0 Å². The molecule has 0 amide bonds. The molecule has 0 saturated heterocycles. The summed E-state index contributed by atoms with van der Waals surface area (Å²) in [4.78, 5) is 15.5. The van der Waals surface area contributed by atoms with Crippen LogP contribution in [0.2, 0.25) is 0 Å². The van der Waals surface area contributed by atoms with Gasteiger partial charge in [0.1, 0.15) is 5.78 Å². The van der Waals surface area contributed by atoms with Gasteiger partial charge in [0.2, 0.25) is 0 Å². The second-order valence-electron chi connectivity index (χ2n) is 4.55. The number of Topliss-reactive ketones (excluding diaryl/α,β-unsaturated/α-hetero) is 1. The van der Waals surface area contributed by atoms with Gasteiger partial charge in [-0.05, 0) is 32.8 Å². The maximum atomic E-state index is 10.9. The van der Waals surface area contributed by atoms with E-state index in [1.807, 2.05) is 0 Å². The lowest BCUT2D eigenvalue weighted by Crippen LogP contribution is -1.92. The number of rotatable bonds is 5. The van der Waals surface area contributed by atoms with Crippen LogP contribution < -0.4 is 0 Å². The minimum absolute atomic E-state index is 0.255. The lowest BCUT2D eigenvalue weighted by molar-refractivity contribution is -0.117. The Bertz CT molecular complexity index is 545. The van der Waals surface area contributed by atoms with Crippen LogP contribution in [0.4, 0.5) is 0 Å². The topological polar surface area (TPSA) is 30.0 Å². The molecule has 0 saturated carbocycles. The van der Waals surface area contributed by atoms with Gasteiger partial charge in [0, 0.05) is 17.4 Å². The maximum Gasteiger partial charge on any atom is 0.129 e. The van der Waals surface area contributed by atoms with E-state index in [9.17, 15) is 4.79 Å². The largest absolute Gasteiger partial charge is 0.300 e. The number of benzene rings is 1. The number of thiazole rings is 1. The van der Waals surface area contributed by atoms with E-state index in [1.165, 1.54) is 11.1 Å². The lowest BCUT2D eigenvalue weighted by atomic mass is 10.1. The van der Waals surface area contributed by atoms with Crippen LogP contribution in [0.5, 0.6) is 0 Å². The van der Waals surface area contributed by atoms with Crippen LogP contribution in [-0.4, -0.2) is 10.8 Å². The van der Waals surface area contributed by atoms with Gasteiger partial charge in [0.25, 0.3) is 0 Å². The Morgan fingerprint density at radius 3 is 2.94 bits per heavy atom. The van der Waals surface area contributed by atoms with Gasteiger partial charge in [0.15, 0.2) is 0 Å². The quantitative estimate of drug-likeness (QED) is 0.811. The van der Waals surface area contributed by atoms with Crippen molar-refractivity contribution >= 4 is 17.1 Å². The van der Waals surface area contributed by atoms with Gasteiger partial charge in [-0.3, -0.25) is 0 Å². The number of hydrogen-bond acceptors (Lipinski definition) is 3. The number of ketones is 1. The van der Waals surface area contributed by atoms with E-state index in [4.69, 9.17) is 0 Å². The lowest BCUT2D eigenvalue weighted by Gasteiger charge is -1.98. The summed E-state index contributed by atoms with van der Waals surface area (Å²) in [6.07, 6.45) is 2.45. The molecule has 0 radical (unpaired) electrons. The van der Waals surface area contributed by atoms with Gasteiger partial charge in [-0.2, -0.15) is 0 Å². The average molecular weight is 259 g/mol.